The molecule has 1 aliphatic rings. The number of aliphatic hydroxyl groups excluding tert-OH is 2. The van der Waals surface area contributed by atoms with E-state index in [-0.39, 0.29) is 5.65 Å². The SMILES string of the molecule is O=c1nc2ncccc2cn1C1OC(CO)C(O)C1F. The van der Waals surface area contributed by atoms with Crippen molar-refractivity contribution in [3.8, 4) is 0 Å². The second-order valence-electron chi connectivity index (χ2n) is 4.53. The highest BCUT2D eigenvalue weighted by molar-refractivity contribution is 5.72. The molecule has 0 amide bonds. The maximum atomic E-state index is 14.0. The van der Waals surface area contributed by atoms with E-state index in [2.05, 4.69) is 9.97 Å². The Balaban J connectivity index is 2.06. The van der Waals surface area contributed by atoms with Gasteiger partial charge in [0.15, 0.2) is 18.0 Å². The minimum absolute atomic E-state index is 0.251. The average Bonchev–Trinajstić information content (AvgIpc) is 2.74. The fourth-order valence-electron chi connectivity index (χ4n) is 2.22. The van der Waals surface area contributed by atoms with Crippen molar-refractivity contribution in [3.05, 3.63) is 35.0 Å². The summed E-state index contributed by atoms with van der Waals surface area (Å²) in [5, 5.41) is 19.1. The Hall–Kier alpha value is -1.90. The van der Waals surface area contributed by atoms with Crippen molar-refractivity contribution in [3.63, 3.8) is 0 Å². The largest absolute Gasteiger partial charge is 0.394 e. The number of hydrogen-bond acceptors (Lipinski definition) is 6. The zero-order valence-corrected chi connectivity index (χ0v) is 10.3. The summed E-state index contributed by atoms with van der Waals surface area (Å²) in [6.07, 6.45) is -2.81. The van der Waals surface area contributed by atoms with Crippen molar-refractivity contribution in [2.75, 3.05) is 6.61 Å². The number of alkyl halides is 1. The van der Waals surface area contributed by atoms with E-state index in [1.807, 2.05) is 0 Å². The van der Waals surface area contributed by atoms with Crippen molar-refractivity contribution in [1.29, 1.82) is 0 Å². The lowest BCUT2D eigenvalue weighted by Crippen LogP contribution is -2.33. The smallest absolute Gasteiger partial charge is 0.351 e. The molecule has 1 aliphatic heterocycles. The molecule has 0 radical (unpaired) electrons. The van der Waals surface area contributed by atoms with Crippen molar-refractivity contribution >= 4 is 11.0 Å². The van der Waals surface area contributed by atoms with Crippen LogP contribution in [0.3, 0.4) is 0 Å². The molecule has 4 atom stereocenters. The van der Waals surface area contributed by atoms with E-state index in [0.29, 0.717) is 5.39 Å². The van der Waals surface area contributed by atoms with E-state index < -0.39 is 36.9 Å². The first kappa shape index (κ1) is 13.1. The topological polar surface area (TPSA) is 97.5 Å². The third-order valence-corrected chi connectivity index (χ3v) is 3.27. The van der Waals surface area contributed by atoms with Crippen molar-refractivity contribution in [2.45, 2.75) is 24.6 Å². The van der Waals surface area contributed by atoms with Gasteiger partial charge in [-0.05, 0) is 12.1 Å². The first-order valence-electron chi connectivity index (χ1n) is 6.04. The van der Waals surface area contributed by atoms with Gasteiger partial charge in [-0.15, -0.1) is 0 Å². The third-order valence-electron chi connectivity index (χ3n) is 3.27. The van der Waals surface area contributed by atoms with Gasteiger partial charge in [0.05, 0.1) is 6.61 Å². The maximum Gasteiger partial charge on any atom is 0.351 e. The summed E-state index contributed by atoms with van der Waals surface area (Å²) >= 11 is 0. The standard InChI is InChI=1S/C12H12FN3O4/c13-8-9(18)7(5-17)20-11(8)16-4-6-2-1-3-14-10(6)15-12(16)19/h1-4,7-9,11,17-18H,5H2. The minimum atomic E-state index is -1.82. The molecule has 0 bridgehead atoms. The van der Waals surface area contributed by atoms with Crippen LogP contribution in [0.5, 0.6) is 0 Å². The molecule has 20 heavy (non-hydrogen) atoms. The zero-order chi connectivity index (χ0) is 14.3. The number of fused-ring (bicyclic) bond motifs is 1. The van der Waals surface area contributed by atoms with Gasteiger partial charge in [0, 0.05) is 17.8 Å². The Morgan fingerprint density at radius 3 is 3.00 bits per heavy atom. The lowest BCUT2D eigenvalue weighted by Gasteiger charge is -2.15. The monoisotopic (exact) mass is 281 g/mol. The van der Waals surface area contributed by atoms with E-state index in [1.165, 1.54) is 12.4 Å². The molecule has 8 heteroatoms. The van der Waals surface area contributed by atoms with Crippen molar-refractivity contribution in [2.24, 2.45) is 0 Å². The normalized spacial score (nSPS) is 29.9. The molecule has 1 fully saturated rings. The molecule has 1 saturated heterocycles. The van der Waals surface area contributed by atoms with Crippen LogP contribution in [-0.2, 0) is 4.74 Å². The van der Waals surface area contributed by atoms with Crippen LogP contribution in [0.2, 0.25) is 0 Å². The number of aliphatic hydroxyl groups is 2. The molecule has 0 spiro atoms. The van der Waals surface area contributed by atoms with Gasteiger partial charge in [0.25, 0.3) is 0 Å². The van der Waals surface area contributed by atoms with Crippen LogP contribution in [0.25, 0.3) is 11.0 Å². The quantitative estimate of drug-likeness (QED) is 0.761. The first-order valence-corrected chi connectivity index (χ1v) is 6.04. The molecule has 2 aromatic rings. The van der Waals surface area contributed by atoms with Crippen LogP contribution in [0.15, 0.2) is 29.3 Å². The molecule has 3 rings (SSSR count). The molecule has 106 valence electrons. The summed E-state index contributed by atoms with van der Waals surface area (Å²) < 4.78 is 20.1. The average molecular weight is 281 g/mol. The fraction of sp³-hybridized carbons (Fsp3) is 0.417. The van der Waals surface area contributed by atoms with E-state index in [0.717, 1.165) is 4.57 Å². The van der Waals surface area contributed by atoms with Gasteiger partial charge >= 0.3 is 5.69 Å². The number of nitrogens with zero attached hydrogens (tertiary/aromatic N) is 3. The molecule has 0 aromatic carbocycles. The lowest BCUT2D eigenvalue weighted by molar-refractivity contribution is -0.0489. The molecule has 4 unspecified atom stereocenters. The summed E-state index contributed by atoms with van der Waals surface area (Å²) in [6.45, 7) is -0.532. The fourth-order valence-corrected chi connectivity index (χ4v) is 2.22. The van der Waals surface area contributed by atoms with Crippen LogP contribution in [0, 0.1) is 0 Å². The van der Waals surface area contributed by atoms with Gasteiger partial charge in [0.2, 0.25) is 0 Å². The molecule has 7 nitrogen and oxygen atoms in total. The highest BCUT2D eigenvalue weighted by Crippen LogP contribution is 2.30. The number of rotatable bonds is 2. The molecule has 0 aliphatic carbocycles. The van der Waals surface area contributed by atoms with Crippen molar-refractivity contribution < 1.29 is 19.3 Å². The van der Waals surface area contributed by atoms with Crippen LogP contribution in [0.4, 0.5) is 4.39 Å². The first-order chi connectivity index (χ1) is 9.61. The summed E-state index contributed by atoms with van der Waals surface area (Å²) in [4.78, 5) is 19.6. The number of pyridine rings is 1. The molecule has 2 N–H and O–H groups in total. The van der Waals surface area contributed by atoms with Gasteiger partial charge < -0.3 is 14.9 Å². The number of aromatic nitrogens is 3. The molecular weight excluding hydrogens is 269 g/mol. The molecular formula is C12H12FN3O4. The van der Waals surface area contributed by atoms with Gasteiger partial charge in [-0.1, -0.05) is 0 Å². The predicted molar refractivity (Wildman–Crippen MR) is 65.7 cm³/mol. The number of halogens is 1. The summed E-state index contributed by atoms with van der Waals surface area (Å²) in [7, 11) is 0. The van der Waals surface area contributed by atoms with Gasteiger partial charge in [-0.25, -0.2) is 14.2 Å². The van der Waals surface area contributed by atoms with E-state index in [4.69, 9.17) is 9.84 Å². The highest BCUT2D eigenvalue weighted by Gasteiger charge is 2.45. The Morgan fingerprint density at radius 1 is 1.50 bits per heavy atom. The molecule has 0 saturated carbocycles. The van der Waals surface area contributed by atoms with Gasteiger partial charge in [-0.3, -0.25) is 4.57 Å². The summed E-state index contributed by atoms with van der Waals surface area (Å²) in [5.41, 5.74) is -0.476. The Morgan fingerprint density at radius 2 is 2.30 bits per heavy atom. The minimum Gasteiger partial charge on any atom is -0.394 e. The maximum absolute atomic E-state index is 14.0. The van der Waals surface area contributed by atoms with E-state index in [1.54, 1.807) is 12.1 Å². The number of hydrogen-bond donors (Lipinski definition) is 2. The third kappa shape index (κ3) is 1.98. The second kappa shape index (κ2) is 4.89. The van der Waals surface area contributed by atoms with Gasteiger partial charge in [-0.2, -0.15) is 4.98 Å². The van der Waals surface area contributed by atoms with E-state index in [9.17, 15) is 14.3 Å². The Bertz CT molecular complexity index is 692. The molecule has 2 aromatic heterocycles. The second-order valence-corrected chi connectivity index (χ2v) is 4.53. The summed E-state index contributed by atoms with van der Waals surface area (Å²) in [5.74, 6) is 0. The van der Waals surface area contributed by atoms with Gasteiger partial charge in [0.1, 0.15) is 12.2 Å². The lowest BCUT2D eigenvalue weighted by atomic mass is 10.1. The Kier molecular flexibility index (Phi) is 3.20. The van der Waals surface area contributed by atoms with Crippen LogP contribution in [-0.4, -0.2) is 49.7 Å². The van der Waals surface area contributed by atoms with Crippen molar-refractivity contribution in [1.82, 2.24) is 14.5 Å². The summed E-state index contributed by atoms with van der Waals surface area (Å²) in [6, 6.07) is 3.33. The highest BCUT2D eigenvalue weighted by atomic mass is 19.1. The van der Waals surface area contributed by atoms with E-state index >= 15 is 0 Å². The van der Waals surface area contributed by atoms with Crippen LogP contribution < -0.4 is 5.69 Å². The van der Waals surface area contributed by atoms with Crippen LogP contribution in [0.1, 0.15) is 6.23 Å². The molecule has 3 heterocycles. The predicted octanol–water partition coefficient (Wildman–Crippen LogP) is -0.620. The Labute approximate surface area is 112 Å². The van der Waals surface area contributed by atoms with Crippen LogP contribution >= 0.6 is 0 Å². The zero-order valence-electron chi connectivity index (χ0n) is 10.3. The number of ether oxygens (including phenoxy) is 1.